The van der Waals surface area contributed by atoms with Crippen LogP contribution >= 0.6 is 0 Å². The monoisotopic (exact) mass is 438 g/mol. The average Bonchev–Trinajstić information content (AvgIpc) is 3.50. The molecule has 4 nitrogen and oxygen atoms in total. The van der Waals surface area contributed by atoms with Crippen molar-refractivity contribution in [3.8, 4) is 0 Å². The third-order valence-electron chi connectivity index (χ3n) is 6.87. The number of nitrogens with zero attached hydrogens (tertiary/aromatic N) is 4. The molecular weight excluding hydrogens is 416 g/mol. The Morgan fingerprint density at radius 3 is 1.21 bits per heavy atom. The maximum Gasteiger partial charge on any atom is 0.0961 e. The number of benzene rings is 5. The van der Waals surface area contributed by atoms with Gasteiger partial charge in [0.15, 0.2) is 0 Å². The van der Waals surface area contributed by atoms with Crippen molar-refractivity contribution in [2.75, 3.05) is 0 Å². The number of hydrogen-bond donors (Lipinski definition) is 0. The fraction of sp³-hybridized carbons (Fsp3) is 0.0667. The Morgan fingerprint density at radius 2 is 0.794 bits per heavy atom. The van der Waals surface area contributed by atoms with Gasteiger partial charge < -0.3 is 9.13 Å². The second-order valence-electron chi connectivity index (χ2n) is 8.77. The minimum atomic E-state index is 0.774. The van der Waals surface area contributed by atoms with Crippen molar-refractivity contribution >= 4 is 43.6 Å². The van der Waals surface area contributed by atoms with E-state index in [-0.39, 0.29) is 0 Å². The van der Waals surface area contributed by atoms with Gasteiger partial charge in [0, 0.05) is 0 Å². The Labute approximate surface area is 196 Å². The molecule has 7 aromatic rings. The zero-order valence-corrected chi connectivity index (χ0v) is 18.6. The van der Waals surface area contributed by atoms with Gasteiger partial charge in [-0.15, -0.1) is 0 Å². The van der Waals surface area contributed by atoms with E-state index in [1.807, 2.05) is 24.8 Å². The van der Waals surface area contributed by atoms with E-state index in [2.05, 4.69) is 104 Å². The van der Waals surface area contributed by atoms with E-state index in [1.54, 1.807) is 0 Å². The van der Waals surface area contributed by atoms with E-state index < -0.39 is 0 Å². The molecule has 0 unspecified atom stereocenters. The van der Waals surface area contributed by atoms with Crippen molar-refractivity contribution in [1.29, 1.82) is 0 Å². The highest BCUT2D eigenvalue weighted by atomic mass is 15.0. The second-order valence-corrected chi connectivity index (χ2v) is 8.77. The first-order valence-electron chi connectivity index (χ1n) is 11.6. The average molecular weight is 439 g/mol. The van der Waals surface area contributed by atoms with Crippen LogP contribution in [0.2, 0.25) is 0 Å². The predicted octanol–water partition coefficient (Wildman–Crippen LogP) is 6.79. The number of para-hydroxylation sites is 4. The van der Waals surface area contributed by atoms with Gasteiger partial charge >= 0.3 is 0 Å². The van der Waals surface area contributed by atoms with Crippen LogP contribution in [-0.2, 0) is 13.1 Å². The van der Waals surface area contributed by atoms with Crippen LogP contribution in [0.15, 0.2) is 110 Å². The lowest BCUT2D eigenvalue weighted by Crippen LogP contribution is -2.05. The summed E-state index contributed by atoms with van der Waals surface area (Å²) in [5.74, 6) is 0. The lowest BCUT2D eigenvalue weighted by molar-refractivity contribution is 0.828. The van der Waals surface area contributed by atoms with Gasteiger partial charge in [-0.3, -0.25) is 0 Å². The first kappa shape index (κ1) is 19.1. The van der Waals surface area contributed by atoms with Crippen molar-refractivity contribution in [3.05, 3.63) is 121 Å². The maximum atomic E-state index is 4.62. The highest BCUT2D eigenvalue weighted by molar-refractivity contribution is 6.06. The van der Waals surface area contributed by atoms with Crippen LogP contribution in [0.5, 0.6) is 0 Å². The van der Waals surface area contributed by atoms with Gasteiger partial charge in [0.2, 0.25) is 0 Å². The third kappa shape index (κ3) is 2.92. The summed E-state index contributed by atoms with van der Waals surface area (Å²) in [5, 5.41) is 5.16. The quantitative estimate of drug-likeness (QED) is 0.284. The maximum absolute atomic E-state index is 4.62. The third-order valence-corrected chi connectivity index (χ3v) is 6.87. The molecule has 0 N–H and O–H groups in total. The van der Waals surface area contributed by atoms with Gasteiger partial charge in [0.25, 0.3) is 0 Å². The molecular formula is C30H22N4. The van der Waals surface area contributed by atoms with Crippen LogP contribution in [0.25, 0.3) is 43.6 Å². The van der Waals surface area contributed by atoms with E-state index in [9.17, 15) is 0 Å². The summed E-state index contributed by atoms with van der Waals surface area (Å²) in [4.78, 5) is 9.25. The van der Waals surface area contributed by atoms with Crippen molar-refractivity contribution in [2.24, 2.45) is 0 Å². The summed E-state index contributed by atoms with van der Waals surface area (Å²) < 4.78 is 4.51. The number of imidazole rings is 2. The molecule has 4 heteroatoms. The SMILES string of the molecule is c1ccc2c(c1)ncn2Cc1c2ccccc2c(Cn2cnc3ccccc32)c2ccccc12. The molecule has 0 aliphatic rings. The van der Waals surface area contributed by atoms with E-state index in [0.717, 1.165) is 35.2 Å². The zero-order valence-electron chi connectivity index (χ0n) is 18.6. The molecule has 0 bridgehead atoms. The molecule has 162 valence electrons. The van der Waals surface area contributed by atoms with Crippen LogP contribution in [-0.4, -0.2) is 19.1 Å². The van der Waals surface area contributed by atoms with Gasteiger partial charge in [0.1, 0.15) is 0 Å². The van der Waals surface area contributed by atoms with Crippen LogP contribution < -0.4 is 0 Å². The van der Waals surface area contributed by atoms with E-state index >= 15 is 0 Å². The Kier molecular flexibility index (Phi) is 4.24. The molecule has 0 aliphatic carbocycles. The normalized spacial score (nSPS) is 11.8. The van der Waals surface area contributed by atoms with Gasteiger partial charge in [-0.2, -0.15) is 0 Å². The molecule has 5 aromatic carbocycles. The van der Waals surface area contributed by atoms with Crippen LogP contribution in [0, 0.1) is 0 Å². The molecule has 0 aliphatic heterocycles. The number of fused-ring (bicyclic) bond motifs is 4. The highest BCUT2D eigenvalue weighted by Gasteiger charge is 2.16. The topological polar surface area (TPSA) is 35.6 Å². The largest absolute Gasteiger partial charge is 0.326 e. The molecule has 7 rings (SSSR count). The minimum Gasteiger partial charge on any atom is -0.326 e. The van der Waals surface area contributed by atoms with Crippen LogP contribution in [0.3, 0.4) is 0 Å². The molecule has 0 saturated heterocycles. The Hall–Kier alpha value is -4.44. The summed E-state index contributed by atoms with van der Waals surface area (Å²) >= 11 is 0. The molecule has 2 aromatic heterocycles. The molecule has 0 atom stereocenters. The van der Waals surface area contributed by atoms with E-state index in [0.29, 0.717) is 0 Å². The molecule has 0 amide bonds. The summed E-state index contributed by atoms with van der Waals surface area (Å²) in [6, 6.07) is 34.3. The Morgan fingerprint density at radius 1 is 0.441 bits per heavy atom. The summed E-state index contributed by atoms with van der Waals surface area (Å²) in [6.45, 7) is 1.55. The van der Waals surface area contributed by atoms with Crippen molar-refractivity contribution in [1.82, 2.24) is 19.1 Å². The first-order valence-corrected chi connectivity index (χ1v) is 11.6. The van der Waals surface area contributed by atoms with Crippen molar-refractivity contribution < 1.29 is 0 Å². The minimum absolute atomic E-state index is 0.774. The zero-order chi connectivity index (χ0) is 22.5. The summed E-state index contributed by atoms with van der Waals surface area (Å²) in [7, 11) is 0. The fourth-order valence-electron chi connectivity index (χ4n) is 5.26. The van der Waals surface area contributed by atoms with Crippen molar-refractivity contribution in [2.45, 2.75) is 13.1 Å². The lowest BCUT2D eigenvalue weighted by atomic mass is 9.91. The Bertz CT molecular complexity index is 1630. The summed E-state index contributed by atoms with van der Waals surface area (Å²) in [5.41, 5.74) is 7.02. The van der Waals surface area contributed by atoms with Gasteiger partial charge in [0.05, 0.1) is 47.8 Å². The predicted molar refractivity (Wildman–Crippen MR) is 139 cm³/mol. The lowest BCUT2D eigenvalue weighted by Gasteiger charge is -2.18. The van der Waals surface area contributed by atoms with E-state index in [4.69, 9.17) is 0 Å². The Balaban J connectivity index is 1.47. The number of rotatable bonds is 4. The van der Waals surface area contributed by atoms with Gasteiger partial charge in [-0.25, -0.2) is 9.97 Å². The molecule has 34 heavy (non-hydrogen) atoms. The number of aromatic nitrogens is 4. The standard InChI is InChI=1S/C30H22N4/c1-2-10-22-21(9-1)25(17-33-19-31-27-13-5-7-15-29(27)33)23-11-3-4-12-24(23)26(22)18-34-20-32-28-14-6-8-16-30(28)34/h1-16,19-20H,17-18H2. The summed E-state index contributed by atoms with van der Waals surface area (Å²) in [6.07, 6.45) is 3.92. The van der Waals surface area contributed by atoms with Crippen LogP contribution in [0.4, 0.5) is 0 Å². The molecule has 2 heterocycles. The fourth-order valence-corrected chi connectivity index (χ4v) is 5.26. The smallest absolute Gasteiger partial charge is 0.0961 e. The van der Waals surface area contributed by atoms with Gasteiger partial charge in [-0.1, -0.05) is 72.8 Å². The van der Waals surface area contributed by atoms with Gasteiger partial charge in [-0.05, 0) is 56.9 Å². The molecule has 0 spiro atoms. The van der Waals surface area contributed by atoms with E-state index in [1.165, 1.54) is 32.7 Å². The van der Waals surface area contributed by atoms with Crippen molar-refractivity contribution in [3.63, 3.8) is 0 Å². The van der Waals surface area contributed by atoms with Crippen LogP contribution in [0.1, 0.15) is 11.1 Å². The molecule has 0 radical (unpaired) electrons. The molecule has 0 saturated carbocycles. The second kappa shape index (κ2) is 7.56. The first-order chi connectivity index (χ1) is 16.9. The molecule has 0 fully saturated rings. The number of hydrogen-bond acceptors (Lipinski definition) is 2. The highest BCUT2D eigenvalue weighted by Crippen LogP contribution is 2.35.